The van der Waals surface area contributed by atoms with E-state index < -0.39 is 0 Å². The zero-order valence-corrected chi connectivity index (χ0v) is 12.2. The third-order valence-corrected chi connectivity index (χ3v) is 3.33. The molecule has 0 aliphatic rings. The standard InChI is InChI=1S/C15H20N4O2/c1-11(2)19-8-7-18(15(19)21)10-13-5-3-12(4-6-13)9-14(20)17-16/h3-8,11H,9-10,16H2,1-2H3,(H,17,20). The lowest BCUT2D eigenvalue weighted by Gasteiger charge is -2.06. The Kier molecular flexibility index (Phi) is 4.59. The molecular formula is C15H20N4O2. The van der Waals surface area contributed by atoms with Crippen LogP contribution in [0.5, 0.6) is 0 Å². The second-order valence-electron chi connectivity index (χ2n) is 5.27. The van der Waals surface area contributed by atoms with E-state index in [1.165, 1.54) is 0 Å². The molecule has 2 aromatic rings. The molecule has 0 fully saturated rings. The summed E-state index contributed by atoms with van der Waals surface area (Å²) < 4.78 is 3.36. The predicted octanol–water partition coefficient (Wildman–Crippen LogP) is 0.811. The number of nitrogens with one attached hydrogen (secondary N) is 1. The van der Waals surface area contributed by atoms with Crippen LogP contribution in [0.3, 0.4) is 0 Å². The third kappa shape index (κ3) is 3.61. The highest BCUT2D eigenvalue weighted by Crippen LogP contribution is 2.07. The first kappa shape index (κ1) is 15.1. The van der Waals surface area contributed by atoms with Crippen molar-refractivity contribution in [3.8, 4) is 0 Å². The Morgan fingerprint density at radius 2 is 1.81 bits per heavy atom. The van der Waals surface area contributed by atoms with Gasteiger partial charge in [0.05, 0.1) is 13.0 Å². The lowest BCUT2D eigenvalue weighted by molar-refractivity contribution is -0.120. The van der Waals surface area contributed by atoms with Crippen molar-refractivity contribution in [2.24, 2.45) is 5.84 Å². The van der Waals surface area contributed by atoms with Gasteiger partial charge in [0, 0.05) is 18.4 Å². The molecule has 0 bridgehead atoms. The number of aromatic nitrogens is 2. The quantitative estimate of drug-likeness (QED) is 0.485. The Labute approximate surface area is 123 Å². The van der Waals surface area contributed by atoms with Crippen molar-refractivity contribution < 1.29 is 4.79 Å². The number of nitrogens with two attached hydrogens (primary N) is 1. The normalized spacial score (nSPS) is 10.9. The first-order valence-corrected chi connectivity index (χ1v) is 6.86. The van der Waals surface area contributed by atoms with Crippen molar-refractivity contribution in [2.75, 3.05) is 0 Å². The molecular weight excluding hydrogens is 268 g/mol. The number of hydrogen-bond donors (Lipinski definition) is 2. The molecule has 0 saturated carbocycles. The Morgan fingerprint density at radius 1 is 1.19 bits per heavy atom. The summed E-state index contributed by atoms with van der Waals surface area (Å²) in [6.45, 7) is 4.47. The molecule has 1 heterocycles. The van der Waals surface area contributed by atoms with Crippen molar-refractivity contribution in [3.63, 3.8) is 0 Å². The average Bonchev–Trinajstić information content (AvgIpc) is 2.82. The molecule has 0 radical (unpaired) electrons. The minimum Gasteiger partial charge on any atom is -0.297 e. The van der Waals surface area contributed by atoms with Crippen LogP contribution in [0.2, 0.25) is 0 Å². The third-order valence-electron chi connectivity index (χ3n) is 3.33. The Balaban J connectivity index is 2.10. The second-order valence-corrected chi connectivity index (χ2v) is 5.27. The number of amides is 1. The van der Waals surface area contributed by atoms with Crippen LogP contribution in [-0.4, -0.2) is 15.0 Å². The van der Waals surface area contributed by atoms with Gasteiger partial charge >= 0.3 is 5.69 Å². The van der Waals surface area contributed by atoms with E-state index in [1.807, 2.05) is 38.1 Å². The molecule has 0 aliphatic carbocycles. The van der Waals surface area contributed by atoms with Gasteiger partial charge in [0.15, 0.2) is 0 Å². The van der Waals surface area contributed by atoms with Crippen LogP contribution < -0.4 is 17.0 Å². The van der Waals surface area contributed by atoms with Crippen molar-refractivity contribution >= 4 is 5.91 Å². The predicted molar refractivity (Wildman–Crippen MR) is 80.7 cm³/mol. The first-order valence-electron chi connectivity index (χ1n) is 6.86. The molecule has 21 heavy (non-hydrogen) atoms. The Hall–Kier alpha value is -2.34. The molecule has 1 aromatic carbocycles. The lowest BCUT2D eigenvalue weighted by Crippen LogP contribution is -2.31. The Morgan fingerprint density at radius 3 is 2.33 bits per heavy atom. The number of hydrogen-bond acceptors (Lipinski definition) is 3. The van der Waals surface area contributed by atoms with Crippen molar-refractivity contribution in [1.29, 1.82) is 0 Å². The summed E-state index contributed by atoms with van der Waals surface area (Å²) in [6, 6.07) is 7.72. The van der Waals surface area contributed by atoms with E-state index in [-0.39, 0.29) is 24.1 Å². The maximum atomic E-state index is 12.1. The van der Waals surface area contributed by atoms with Crippen molar-refractivity contribution in [3.05, 3.63) is 58.3 Å². The molecule has 0 atom stereocenters. The fraction of sp³-hybridized carbons (Fsp3) is 0.333. The van der Waals surface area contributed by atoms with E-state index in [4.69, 9.17) is 5.84 Å². The van der Waals surface area contributed by atoms with Crippen LogP contribution in [0.25, 0.3) is 0 Å². The number of carbonyl (C=O) groups is 1. The van der Waals surface area contributed by atoms with Gasteiger partial charge in [0.1, 0.15) is 0 Å². The SMILES string of the molecule is CC(C)n1ccn(Cc2ccc(CC(=O)NN)cc2)c1=O. The summed E-state index contributed by atoms with van der Waals surface area (Å²) >= 11 is 0. The summed E-state index contributed by atoms with van der Waals surface area (Å²) in [6.07, 6.45) is 3.84. The monoisotopic (exact) mass is 288 g/mol. The molecule has 3 N–H and O–H groups in total. The van der Waals surface area contributed by atoms with Gasteiger partial charge in [-0.1, -0.05) is 24.3 Å². The van der Waals surface area contributed by atoms with Crippen LogP contribution in [0, 0.1) is 0 Å². The van der Waals surface area contributed by atoms with Gasteiger partial charge < -0.3 is 0 Å². The highest BCUT2D eigenvalue weighted by atomic mass is 16.2. The molecule has 0 saturated heterocycles. The van der Waals surface area contributed by atoms with Gasteiger partial charge in [-0.3, -0.25) is 19.4 Å². The maximum Gasteiger partial charge on any atom is 0.328 e. The molecule has 2 rings (SSSR count). The van der Waals surface area contributed by atoms with Crippen molar-refractivity contribution in [1.82, 2.24) is 14.6 Å². The van der Waals surface area contributed by atoms with Gasteiger partial charge in [-0.05, 0) is 25.0 Å². The minimum absolute atomic E-state index is 0.0170. The van der Waals surface area contributed by atoms with E-state index in [0.717, 1.165) is 11.1 Å². The van der Waals surface area contributed by atoms with Crippen LogP contribution in [-0.2, 0) is 17.8 Å². The summed E-state index contributed by atoms with van der Waals surface area (Å²) in [5.41, 5.74) is 3.98. The van der Waals surface area contributed by atoms with Crippen LogP contribution in [0.1, 0.15) is 31.0 Å². The van der Waals surface area contributed by atoms with Gasteiger partial charge in [-0.15, -0.1) is 0 Å². The number of nitrogens with zero attached hydrogens (tertiary/aromatic N) is 2. The number of rotatable bonds is 5. The maximum absolute atomic E-state index is 12.1. The highest BCUT2D eigenvalue weighted by Gasteiger charge is 2.07. The number of benzene rings is 1. The molecule has 1 aromatic heterocycles. The summed E-state index contributed by atoms with van der Waals surface area (Å²) in [4.78, 5) is 23.3. The highest BCUT2D eigenvalue weighted by molar-refractivity contribution is 5.77. The topological polar surface area (TPSA) is 82.1 Å². The van der Waals surface area contributed by atoms with Gasteiger partial charge in [0.2, 0.25) is 5.91 Å². The zero-order valence-electron chi connectivity index (χ0n) is 12.2. The van der Waals surface area contributed by atoms with E-state index in [9.17, 15) is 9.59 Å². The van der Waals surface area contributed by atoms with Crippen molar-refractivity contribution in [2.45, 2.75) is 32.9 Å². The second kappa shape index (κ2) is 6.41. The van der Waals surface area contributed by atoms with E-state index in [0.29, 0.717) is 6.54 Å². The van der Waals surface area contributed by atoms with Crippen LogP contribution >= 0.6 is 0 Å². The largest absolute Gasteiger partial charge is 0.328 e. The molecule has 6 nitrogen and oxygen atoms in total. The molecule has 0 aliphatic heterocycles. The first-order chi connectivity index (χ1) is 10.0. The number of hydrazine groups is 1. The van der Waals surface area contributed by atoms with Gasteiger partial charge in [0.25, 0.3) is 0 Å². The molecule has 0 spiro atoms. The average molecular weight is 288 g/mol. The van der Waals surface area contributed by atoms with Crippen LogP contribution in [0.15, 0.2) is 41.5 Å². The van der Waals surface area contributed by atoms with Gasteiger partial charge in [-0.25, -0.2) is 10.6 Å². The number of carbonyl (C=O) groups excluding carboxylic acids is 1. The van der Waals surface area contributed by atoms with E-state index in [2.05, 4.69) is 5.43 Å². The molecule has 1 amide bonds. The van der Waals surface area contributed by atoms with E-state index >= 15 is 0 Å². The molecule has 112 valence electrons. The summed E-state index contributed by atoms with van der Waals surface area (Å²) in [5, 5.41) is 0. The fourth-order valence-corrected chi connectivity index (χ4v) is 2.14. The summed E-state index contributed by atoms with van der Waals surface area (Å²) in [5.74, 6) is 4.83. The zero-order chi connectivity index (χ0) is 15.4. The fourth-order valence-electron chi connectivity index (χ4n) is 2.14. The lowest BCUT2D eigenvalue weighted by atomic mass is 10.1. The smallest absolute Gasteiger partial charge is 0.297 e. The minimum atomic E-state index is -0.229. The van der Waals surface area contributed by atoms with Gasteiger partial charge in [-0.2, -0.15) is 0 Å². The number of imidazole rings is 1. The molecule has 6 heteroatoms. The van der Waals surface area contributed by atoms with E-state index in [1.54, 1.807) is 21.5 Å². The molecule has 0 unspecified atom stereocenters. The van der Waals surface area contributed by atoms with Crippen LogP contribution in [0.4, 0.5) is 0 Å². The summed E-state index contributed by atoms with van der Waals surface area (Å²) in [7, 11) is 0. The Bertz CT molecular complexity index is 668.